The summed E-state index contributed by atoms with van der Waals surface area (Å²) < 4.78 is 35.9. The first-order valence-corrected chi connectivity index (χ1v) is 9.30. The smallest absolute Gasteiger partial charge is 0.410 e. The number of rotatable bonds is 10. The zero-order valence-corrected chi connectivity index (χ0v) is 16.8. The van der Waals surface area contributed by atoms with Crippen molar-refractivity contribution in [3.05, 3.63) is 35.9 Å². The van der Waals surface area contributed by atoms with Crippen molar-refractivity contribution in [1.29, 1.82) is 0 Å². The third-order valence-electron chi connectivity index (χ3n) is 3.73. The maximum atomic E-state index is 12.6. The Kier molecular flexibility index (Phi) is 9.26. The minimum Gasteiger partial charge on any atom is -0.487 e. The summed E-state index contributed by atoms with van der Waals surface area (Å²) in [6.07, 6.45) is 1.52. The molecule has 1 aromatic carbocycles. The van der Waals surface area contributed by atoms with Gasteiger partial charge in [-0.15, -0.1) is 0 Å². The van der Waals surface area contributed by atoms with Crippen LogP contribution in [0, 0.1) is 0 Å². The second-order valence-electron chi connectivity index (χ2n) is 7.38. The van der Waals surface area contributed by atoms with Crippen molar-refractivity contribution < 1.29 is 23.0 Å². The van der Waals surface area contributed by atoms with Gasteiger partial charge in [-0.25, -0.2) is 13.6 Å². The molecule has 152 valence electrons. The largest absolute Gasteiger partial charge is 0.487 e. The van der Waals surface area contributed by atoms with E-state index in [0.29, 0.717) is 17.9 Å². The Morgan fingerprint density at radius 3 is 2.56 bits per heavy atom. The molecular weight excluding hydrogens is 352 g/mol. The standard InChI is InChI=1S/C21H31F2NO3/c1-6-8-9-12-24(20(25)27-21(3,4)5)14-17-13-16(7-2)10-11-18(17)26-15-19(22)23/h7,10-11,13,19H,2,6,8-9,12,14-15H2,1,3-5H3. The first-order valence-electron chi connectivity index (χ1n) is 9.30. The molecule has 0 bridgehead atoms. The maximum absolute atomic E-state index is 12.6. The van der Waals surface area contributed by atoms with Crippen molar-refractivity contribution in [2.24, 2.45) is 0 Å². The van der Waals surface area contributed by atoms with E-state index in [1.807, 2.05) is 20.8 Å². The number of alkyl halides is 2. The quantitative estimate of drug-likeness (QED) is 0.472. The molecule has 0 N–H and O–H groups in total. The average Bonchev–Trinajstić information content (AvgIpc) is 2.58. The summed E-state index contributed by atoms with van der Waals surface area (Å²) in [5.74, 6) is 0.338. The third kappa shape index (κ3) is 8.89. The number of hydrogen-bond donors (Lipinski definition) is 0. The van der Waals surface area contributed by atoms with Gasteiger partial charge in [0, 0.05) is 12.1 Å². The zero-order valence-electron chi connectivity index (χ0n) is 16.8. The topological polar surface area (TPSA) is 38.8 Å². The molecule has 0 aliphatic carbocycles. The summed E-state index contributed by atoms with van der Waals surface area (Å²) in [5, 5.41) is 0. The van der Waals surface area contributed by atoms with Gasteiger partial charge < -0.3 is 14.4 Å². The van der Waals surface area contributed by atoms with Crippen molar-refractivity contribution in [3.8, 4) is 5.75 Å². The van der Waals surface area contributed by atoms with Crippen LogP contribution in [-0.2, 0) is 11.3 Å². The molecule has 0 radical (unpaired) electrons. The number of hydrogen-bond acceptors (Lipinski definition) is 3. The third-order valence-corrected chi connectivity index (χ3v) is 3.73. The fourth-order valence-corrected chi connectivity index (χ4v) is 2.46. The van der Waals surface area contributed by atoms with Gasteiger partial charge in [-0.1, -0.05) is 38.5 Å². The predicted molar refractivity (Wildman–Crippen MR) is 104 cm³/mol. The van der Waals surface area contributed by atoms with Crippen molar-refractivity contribution >= 4 is 12.2 Å². The summed E-state index contributed by atoms with van der Waals surface area (Å²) in [6.45, 7) is 11.3. The van der Waals surface area contributed by atoms with Crippen LogP contribution in [0.25, 0.3) is 6.08 Å². The van der Waals surface area contributed by atoms with Gasteiger partial charge >= 0.3 is 6.09 Å². The number of ether oxygens (including phenoxy) is 2. The molecule has 1 amide bonds. The number of unbranched alkanes of at least 4 members (excludes halogenated alkanes) is 2. The second-order valence-corrected chi connectivity index (χ2v) is 7.38. The van der Waals surface area contributed by atoms with E-state index in [2.05, 4.69) is 13.5 Å². The lowest BCUT2D eigenvalue weighted by molar-refractivity contribution is 0.0227. The molecule has 1 rings (SSSR count). The molecule has 1 aromatic rings. The molecule has 0 fully saturated rings. The highest BCUT2D eigenvalue weighted by Crippen LogP contribution is 2.24. The number of halogens is 2. The Morgan fingerprint density at radius 2 is 2.00 bits per heavy atom. The molecule has 6 heteroatoms. The molecule has 0 spiro atoms. The molecule has 0 saturated carbocycles. The Bertz CT molecular complexity index is 612. The minimum absolute atomic E-state index is 0.221. The molecule has 0 heterocycles. The van der Waals surface area contributed by atoms with Gasteiger partial charge in [0.1, 0.15) is 18.0 Å². The Morgan fingerprint density at radius 1 is 1.30 bits per heavy atom. The van der Waals surface area contributed by atoms with Gasteiger partial charge in [-0.2, -0.15) is 0 Å². The first kappa shape index (κ1) is 22.9. The van der Waals surface area contributed by atoms with Gasteiger partial charge in [0.05, 0.1) is 6.54 Å². The number of carbonyl (C=O) groups is 1. The van der Waals surface area contributed by atoms with E-state index in [0.717, 1.165) is 24.8 Å². The van der Waals surface area contributed by atoms with Gasteiger partial charge in [0.15, 0.2) is 0 Å². The summed E-state index contributed by atoms with van der Waals surface area (Å²) >= 11 is 0. The van der Waals surface area contributed by atoms with E-state index in [-0.39, 0.29) is 6.54 Å². The predicted octanol–water partition coefficient (Wildman–Crippen LogP) is 5.90. The average molecular weight is 383 g/mol. The SMILES string of the molecule is C=Cc1ccc(OCC(F)F)c(CN(CCCCC)C(=O)OC(C)(C)C)c1. The van der Waals surface area contributed by atoms with Crippen LogP contribution in [-0.4, -0.2) is 36.2 Å². The van der Waals surface area contributed by atoms with E-state index in [1.54, 1.807) is 29.2 Å². The molecule has 27 heavy (non-hydrogen) atoms. The number of benzene rings is 1. The van der Waals surface area contributed by atoms with Crippen molar-refractivity contribution in [2.45, 2.75) is 65.5 Å². The monoisotopic (exact) mass is 383 g/mol. The second kappa shape index (κ2) is 10.9. The number of nitrogens with zero attached hydrogens (tertiary/aromatic N) is 1. The maximum Gasteiger partial charge on any atom is 0.410 e. The Balaban J connectivity index is 3.05. The van der Waals surface area contributed by atoms with Gasteiger partial charge in [0.25, 0.3) is 6.43 Å². The molecule has 0 aliphatic rings. The van der Waals surface area contributed by atoms with E-state index in [4.69, 9.17) is 9.47 Å². The fraction of sp³-hybridized carbons (Fsp3) is 0.571. The van der Waals surface area contributed by atoms with Crippen LogP contribution in [0.5, 0.6) is 5.75 Å². The van der Waals surface area contributed by atoms with E-state index < -0.39 is 24.7 Å². The van der Waals surface area contributed by atoms with Gasteiger partial charge in [-0.05, 0) is 44.9 Å². The number of carbonyl (C=O) groups excluding carboxylic acids is 1. The van der Waals surface area contributed by atoms with Crippen LogP contribution in [0.3, 0.4) is 0 Å². The van der Waals surface area contributed by atoms with Gasteiger partial charge in [-0.3, -0.25) is 0 Å². The highest BCUT2D eigenvalue weighted by atomic mass is 19.3. The molecule has 0 atom stereocenters. The minimum atomic E-state index is -2.57. The summed E-state index contributed by atoms with van der Waals surface area (Å²) in [6, 6.07) is 5.17. The summed E-state index contributed by atoms with van der Waals surface area (Å²) in [7, 11) is 0. The molecule has 0 aromatic heterocycles. The Hall–Kier alpha value is -2.11. The van der Waals surface area contributed by atoms with Crippen LogP contribution in [0.2, 0.25) is 0 Å². The highest BCUT2D eigenvalue weighted by molar-refractivity contribution is 5.68. The van der Waals surface area contributed by atoms with Crippen LogP contribution in [0.4, 0.5) is 13.6 Å². The highest BCUT2D eigenvalue weighted by Gasteiger charge is 2.23. The number of amides is 1. The van der Waals surface area contributed by atoms with Crippen molar-refractivity contribution in [3.63, 3.8) is 0 Å². The van der Waals surface area contributed by atoms with Crippen LogP contribution >= 0.6 is 0 Å². The van der Waals surface area contributed by atoms with Crippen LogP contribution in [0.1, 0.15) is 58.1 Å². The summed E-state index contributed by atoms with van der Waals surface area (Å²) in [4.78, 5) is 14.2. The fourth-order valence-electron chi connectivity index (χ4n) is 2.46. The normalized spacial score (nSPS) is 11.4. The van der Waals surface area contributed by atoms with Crippen LogP contribution in [0.15, 0.2) is 24.8 Å². The van der Waals surface area contributed by atoms with Crippen molar-refractivity contribution in [2.75, 3.05) is 13.2 Å². The van der Waals surface area contributed by atoms with Crippen LogP contribution < -0.4 is 4.74 Å². The lowest BCUT2D eigenvalue weighted by atomic mass is 10.1. The lowest BCUT2D eigenvalue weighted by Gasteiger charge is -2.28. The molecular formula is C21H31F2NO3. The Labute approximate surface area is 161 Å². The molecule has 0 unspecified atom stereocenters. The molecule has 0 aliphatic heterocycles. The zero-order chi connectivity index (χ0) is 20.4. The summed E-state index contributed by atoms with van der Waals surface area (Å²) in [5.41, 5.74) is 0.862. The van der Waals surface area contributed by atoms with Gasteiger partial charge in [0.2, 0.25) is 0 Å². The van der Waals surface area contributed by atoms with Crippen molar-refractivity contribution in [1.82, 2.24) is 4.90 Å². The molecule has 4 nitrogen and oxygen atoms in total. The van der Waals surface area contributed by atoms with E-state index in [1.165, 1.54) is 0 Å². The first-order chi connectivity index (χ1) is 12.7. The molecule has 0 saturated heterocycles. The lowest BCUT2D eigenvalue weighted by Crippen LogP contribution is -2.37. The van der Waals surface area contributed by atoms with E-state index >= 15 is 0 Å². The van der Waals surface area contributed by atoms with E-state index in [9.17, 15) is 13.6 Å².